The summed E-state index contributed by atoms with van der Waals surface area (Å²) < 4.78 is 38.6. The van der Waals surface area contributed by atoms with Crippen LogP contribution in [0.3, 0.4) is 0 Å². The number of rotatable bonds is 12. The zero-order valence-electron chi connectivity index (χ0n) is 26.8. The highest BCUT2D eigenvalue weighted by Crippen LogP contribution is 2.37. The molecule has 0 aliphatic carbocycles. The van der Waals surface area contributed by atoms with E-state index in [-0.39, 0.29) is 41.9 Å². The molecular weight excluding hydrogens is 586 g/mol. The van der Waals surface area contributed by atoms with E-state index < -0.39 is 5.82 Å². The minimum Gasteiger partial charge on any atom is -0.472 e. The summed E-state index contributed by atoms with van der Waals surface area (Å²) in [6.45, 7) is 3.96. The average molecular weight is 629 g/mol. The second-order valence-electron chi connectivity index (χ2n) is 11.7. The van der Waals surface area contributed by atoms with E-state index in [0.29, 0.717) is 37.6 Å². The Morgan fingerprint density at radius 2 is 1.76 bits per heavy atom. The van der Waals surface area contributed by atoms with Crippen molar-refractivity contribution >= 4 is 21.7 Å². The largest absolute Gasteiger partial charge is 0.472 e. The number of nitrogens with zero attached hydrogens (tertiary/aromatic N) is 4. The number of likely N-dealkylation sites (N-methyl/N-ethyl adjacent to an activating group) is 1. The molecular formula is C37H42F2N4O3. The van der Waals surface area contributed by atoms with E-state index >= 15 is 4.39 Å². The number of aryl methyl sites for hydroxylation is 1. The fraction of sp³-hybridized carbons (Fsp3) is 0.378. The smallest absolute Gasteiger partial charge is 0.320 e. The lowest BCUT2D eigenvalue weighted by Crippen LogP contribution is -2.46. The monoisotopic (exact) mass is 628 g/mol. The molecule has 0 bridgehead atoms. The van der Waals surface area contributed by atoms with Gasteiger partial charge in [-0.2, -0.15) is 9.97 Å². The molecule has 0 spiro atoms. The minimum atomic E-state index is -0.551. The third kappa shape index (κ3) is 6.95. The van der Waals surface area contributed by atoms with Crippen LogP contribution in [0.2, 0.25) is 0 Å². The van der Waals surface area contributed by atoms with Gasteiger partial charge >= 0.3 is 6.01 Å². The van der Waals surface area contributed by atoms with E-state index in [1.54, 1.807) is 6.20 Å². The van der Waals surface area contributed by atoms with E-state index in [2.05, 4.69) is 33.8 Å². The molecule has 5 aromatic rings. The molecule has 1 aliphatic heterocycles. The first kappa shape index (κ1) is 33.2. The lowest BCUT2D eigenvalue weighted by Gasteiger charge is -2.35. The van der Waals surface area contributed by atoms with Crippen molar-refractivity contribution in [1.82, 2.24) is 19.9 Å². The zero-order chi connectivity index (χ0) is 32.5. The van der Waals surface area contributed by atoms with Gasteiger partial charge < -0.3 is 14.6 Å². The van der Waals surface area contributed by atoms with Crippen LogP contribution in [0.25, 0.3) is 32.9 Å². The summed E-state index contributed by atoms with van der Waals surface area (Å²) in [6.07, 6.45) is 7.06. The van der Waals surface area contributed by atoms with Gasteiger partial charge in [-0.1, -0.05) is 80.1 Å². The fourth-order valence-corrected chi connectivity index (χ4v) is 6.50. The maximum atomic E-state index is 16.7. The van der Waals surface area contributed by atoms with Crippen molar-refractivity contribution in [1.29, 1.82) is 0 Å². The molecule has 6 rings (SSSR count). The molecule has 1 fully saturated rings. The van der Waals surface area contributed by atoms with Gasteiger partial charge in [0.15, 0.2) is 5.82 Å². The summed E-state index contributed by atoms with van der Waals surface area (Å²) in [5.74, 6) is -0.317. The summed E-state index contributed by atoms with van der Waals surface area (Å²) in [5.41, 5.74) is 2.89. The molecule has 46 heavy (non-hydrogen) atoms. The van der Waals surface area contributed by atoms with Gasteiger partial charge in [0.2, 0.25) is 5.88 Å². The van der Waals surface area contributed by atoms with Gasteiger partial charge in [-0.3, -0.25) is 14.3 Å². The number of benzene rings is 3. The number of hydrogen-bond donors (Lipinski definition) is 1. The molecule has 0 saturated carbocycles. The van der Waals surface area contributed by atoms with Crippen LogP contribution in [-0.4, -0.2) is 64.5 Å². The SMILES string of the molecule is CCCC1(COc2nc(OCc3ccccc3)c3cnc(-c4cccc5cccc(CCCO)c45)c(F)c3n2)CCCN1C.CF. The number of pyridine rings is 1. The number of hydrogen-bond acceptors (Lipinski definition) is 7. The van der Waals surface area contributed by atoms with Crippen molar-refractivity contribution in [2.45, 2.75) is 57.6 Å². The molecule has 1 saturated heterocycles. The van der Waals surface area contributed by atoms with Crippen LogP contribution in [0.4, 0.5) is 8.78 Å². The van der Waals surface area contributed by atoms with Crippen molar-refractivity contribution < 1.29 is 23.4 Å². The van der Waals surface area contributed by atoms with Gasteiger partial charge in [0, 0.05) is 18.4 Å². The summed E-state index contributed by atoms with van der Waals surface area (Å²) in [7, 11) is 2.64. The van der Waals surface area contributed by atoms with Gasteiger partial charge in [0.1, 0.15) is 24.4 Å². The Bertz CT molecular complexity index is 1750. The normalized spacial score (nSPS) is 16.4. The predicted octanol–water partition coefficient (Wildman–Crippen LogP) is 7.72. The predicted molar refractivity (Wildman–Crippen MR) is 178 cm³/mol. The number of aliphatic hydroxyl groups excluding tert-OH is 1. The molecule has 3 aromatic carbocycles. The Morgan fingerprint density at radius 1 is 0.978 bits per heavy atom. The van der Waals surface area contributed by atoms with Gasteiger partial charge in [0.25, 0.3) is 0 Å². The Morgan fingerprint density at radius 3 is 2.48 bits per heavy atom. The first-order valence-corrected chi connectivity index (χ1v) is 15.9. The Balaban J connectivity index is 0.00000204. The minimum absolute atomic E-state index is 0.0852. The van der Waals surface area contributed by atoms with Gasteiger partial charge in [-0.05, 0) is 67.6 Å². The van der Waals surface area contributed by atoms with Crippen LogP contribution >= 0.6 is 0 Å². The third-order valence-electron chi connectivity index (χ3n) is 8.83. The lowest BCUT2D eigenvalue weighted by molar-refractivity contribution is 0.0822. The lowest BCUT2D eigenvalue weighted by atomic mass is 9.92. The van der Waals surface area contributed by atoms with Crippen molar-refractivity contribution in [3.05, 3.63) is 89.9 Å². The molecule has 0 amide bonds. The number of aliphatic hydroxyl groups is 1. The molecule has 1 N–H and O–H groups in total. The molecule has 3 heterocycles. The number of halogens is 2. The van der Waals surface area contributed by atoms with Crippen LogP contribution in [0.1, 0.15) is 50.2 Å². The van der Waals surface area contributed by atoms with Crippen molar-refractivity contribution in [2.75, 3.05) is 34.0 Å². The first-order valence-electron chi connectivity index (χ1n) is 15.9. The third-order valence-corrected chi connectivity index (χ3v) is 8.83. The second kappa shape index (κ2) is 15.4. The van der Waals surface area contributed by atoms with Crippen LogP contribution in [0.15, 0.2) is 72.9 Å². The number of likely N-dealkylation sites (tertiary alicyclic amines) is 1. The number of alkyl halides is 1. The van der Waals surface area contributed by atoms with E-state index in [9.17, 15) is 9.50 Å². The zero-order valence-corrected chi connectivity index (χ0v) is 26.8. The summed E-state index contributed by atoms with van der Waals surface area (Å²) >= 11 is 0. The Hall–Kier alpha value is -4.21. The molecule has 242 valence electrons. The maximum absolute atomic E-state index is 16.7. The summed E-state index contributed by atoms with van der Waals surface area (Å²) in [4.78, 5) is 16.2. The topological polar surface area (TPSA) is 80.6 Å². The van der Waals surface area contributed by atoms with Crippen molar-refractivity contribution in [3.8, 4) is 23.1 Å². The van der Waals surface area contributed by atoms with Crippen LogP contribution in [-0.2, 0) is 13.0 Å². The number of fused-ring (bicyclic) bond motifs is 2. The molecule has 1 unspecified atom stereocenters. The highest BCUT2D eigenvalue weighted by Gasteiger charge is 2.39. The Labute approximate surface area is 269 Å². The quantitative estimate of drug-likeness (QED) is 0.152. The van der Waals surface area contributed by atoms with Crippen LogP contribution < -0.4 is 9.47 Å². The second-order valence-corrected chi connectivity index (χ2v) is 11.7. The average Bonchev–Trinajstić information content (AvgIpc) is 3.46. The summed E-state index contributed by atoms with van der Waals surface area (Å²) in [6, 6.07) is 21.7. The highest BCUT2D eigenvalue weighted by molar-refractivity contribution is 6.00. The van der Waals surface area contributed by atoms with Gasteiger partial charge in [-0.25, -0.2) is 4.39 Å². The molecule has 7 nitrogen and oxygen atoms in total. The van der Waals surface area contributed by atoms with E-state index in [1.165, 1.54) is 0 Å². The van der Waals surface area contributed by atoms with E-state index in [0.717, 1.165) is 54.1 Å². The van der Waals surface area contributed by atoms with Gasteiger partial charge in [0.05, 0.1) is 18.1 Å². The summed E-state index contributed by atoms with van der Waals surface area (Å²) in [5, 5.41) is 11.8. The molecule has 0 radical (unpaired) electrons. The number of ether oxygens (including phenoxy) is 2. The van der Waals surface area contributed by atoms with Crippen LogP contribution in [0, 0.1) is 5.82 Å². The van der Waals surface area contributed by atoms with Crippen molar-refractivity contribution in [3.63, 3.8) is 0 Å². The fourth-order valence-electron chi connectivity index (χ4n) is 6.50. The number of aromatic nitrogens is 3. The standard InChI is InChI=1S/C36H39FN4O3.CH3F/c1-3-18-36(19-10-20-41(36)2)24-44-35-39-33-29(34(40-35)43-23-25-11-5-4-6-12-25)22-38-32(31(33)37)28-17-8-15-26-13-7-14-27(30(26)28)16-9-21-42;1-2/h4-8,11-15,17,22,42H,3,9-10,16,18-21,23-24H2,1-2H3;1H3. The molecule has 1 atom stereocenters. The molecule has 2 aromatic heterocycles. The molecule has 9 heteroatoms. The van der Waals surface area contributed by atoms with E-state index in [1.807, 2.05) is 66.7 Å². The van der Waals surface area contributed by atoms with Gasteiger partial charge in [-0.15, -0.1) is 0 Å². The van der Waals surface area contributed by atoms with Crippen LogP contribution in [0.5, 0.6) is 11.9 Å². The first-order chi connectivity index (χ1) is 22.5. The van der Waals surface area contributed by atoms with Crippen molar-refractivity contribution in [2.24, 2.45) is 0 Å². The highest BCUT2D eigenvalue weighted by atomic mass is 19.1. The molecule has 1 aliphatic rings. The maximum Gasteiger partial charge on any atom is 0.320 e. The Kier molecular flexibility index (Phi) is 11.1. The van der Waals surface area contributed by atoms with E-state index in [4.69, 9.17) is 9.47 Å².